The van der Waals surface area contributed by atoms with E-state index in [0.29, 0.717) is 44.8 Å². The zero-order valence-corrected chi connectivity index (χ0v) is 15.1. The van der Waals surface area contributed by atoms with E-state index >= 15 is 0 Å². The first-order valence-electron chi connectivity index (χ1n) is 8.92. The summed E-state index contributed by atoms with van der Waals surface area (Å²) in [5.74, 6) is 0.0343. The highest BCUT2D eigenvalue weighted by Gasteiger charge is 2.50. The Morgan fingerprint density at radius 1 is 1.33 bits per heavy atom. The Labute approximate surface area is 156 Å². The minimum absolute atomic E-state index is 0.149. The van der Waals surface area contributed by atoms with Gasteiger partial charge < -0.3 is 18.9 Å². The number of esters is 1. The predicted molar refractivity (Wildman–Crippen MR) is 92.9 cm³/mol. The number of cyclic esters (lactones) is 1. The lowest BCUT2D eigenvalue weighted by Gasteiger charge is -2.36. The SMILES string of the molecule is COc1cnc(C(=O)N2CCC3(CC2)CC(Cn2ccnc2)OC3=O)cn1. The maximum Gasteiger partial charge on any atom is 0.312 e. The quantitative estimate of drug-likeness (QED) is 0.737. The summed E-state index contributed by atoms with van der Waals surface area (Å²) in [6, 6.07) is 0. The molecule has 1 amide bonds. The number of carbonyl (C=O) groups excluding carboxylic acids is 2. The van der Waals surface area contributed by atoms with E-state index < -0.39 is 5.41 Å². The van der Waals surface area contributed by atoms with Crippen LogP contribution in [0.15, 0.2) is 31.1 Å². The molecular weight excluding hydrogens is 350 g/mol. The number of nitrogens with zero attached hydrogens (tertiary/aromatic N) is 5. The molecule has 9 nitrogen and oxygen atoms in total. The summed E-state index contributed by atoms with van der Waals surface area (Å²) in [6.07, 6.45) is 9.84. The van der Waals surface area contributed by atoms with E-state index in [1.807, 2.05) is 10.8 Å². The molecule has 2 aliphatic rings. The number of rotatable bonds is 4. The summed E-state index contributed by atoms with van der Waals surface area (Å²) >= 11 is 0. The molecule has 0 aromatic carbocycles. The van der Waals surface area contributed by atoms with Crippen molar-refractivity contribution >= 4 is 11.9 Å². The Kier molecular flexibility index (Phi) is 4.51. The van der Waals surface area contributed by atoms with Gasteiger partial charge in [0, 0.05) is 31.9 Å². The highest BCUT2D eigenvalue weighted by atomic mass is 16.6. The van der Waals surface area contributed by atoms with Crippen LogP contribution in [0.1, 0.15) is 29.8 Å². The topological polar surface area (TPSA) is 99.4 Å². The first kappa shape index (κ1) is 17.4. The van der Waals surface area contributed by atoms with Crippen molar-refractivity contribution in [2.75, 3.05) is 20.2 Å². The van der Waals surface area contributed by atoms with E-state index in [2.05, 4.69) is 15.0 Å². The van der Waals surface area contributed by atoms with Gasteiger partial charge in [-0.2, -0.15) is 0 Å². The standard InChI is InChI=1S/C18H21N5O4/c1-26-15-10-20-14(9-21-15)16(24)23-5-2-18(3-6-23)8-13(27-17(18)25)11-22-7-4-19-12-22/h4,7,9-10,12-13H,2-3,5-6,8,11H2,1H3. The molecule has 27 heavy (non-hydrogen) atoms. The van der Waals surface area contributed by atoms with Gasteiger partial charge in [0.15, 0.2) is 0 Å². The second-order valence-electron chi connectivity index (χ2n) is 7.01. The van der Waals surface area contributed by atoms with Crippen LogP contribution in [0.25, 0.3) is 0 Å². The van der Waals surface area contributed by atoms with Gasteiger partial charge in [-0.05, 0) is 12.8 Å². The third kappa shape index (κ3) is 3.36. The third-order valence-electron chi connectivity index (χ3n) is 5.36. The van der Waals surface area contributed by atoms with Crippen LogP contribution in [0.3, 0.4) is 0 Å². The Morgan fingerprint density at radius 3 is 2.78 bits per heavy atom. The van der Waals surface area contributed by atoms with Crippen LogP contribution in [0.5, 0.6) is 5.88 Å². The Balaban J connectivity index is 1.37. The predicted octanol–water partition coefficient (Wildman–Crippen LogP) is 0.920. The Bertz CT molecular complexity index is 813. The lowest BCUT2D eigenvalue weighted by atomic mass is 9.76. The number of amides is 1. The third-order valence-corrected chi connectivity index (χ3v) is 5.36. The summed E-state index contributed by atoms with van der Waals surface area (Å²) in [5, 5.41) is 0. The second-order valence-corrected chi connectivity index (χ2v) is 7.01. The smallest absolute Gasteiger partial charge is 0.312 e. The van der Waals surface area contributed by atoms with E-state index in [0.717, 1.165) is 0 Å². The van der Waals surface area contributed by atoms with E-state index in [1.165, 1.54) is 19.5 Å². The number of piperidine rings is 1. The van der Waals surface area contributed by atoms with Crippen molar-refractivity contribution in [2.24, 2.45) is 5.41 Å². The van der Waals surface area contributed by atoms with Gasteiger partial charge in [-0.3, -0.25) is 9.59 Å². The molecule has 1 unspecified atom stereocenters. The molecule has 0 radical (unpaired) electrons. The fourth-order valence-corrected chi connectivity index (χ4v) is 3.81. The van der Waals surface area contributed by atoms with Crippen molar-refractivity contribution < 1.29 is 19.1 Å². The van der Waals surface area contributed by atoms with Gasteiger partial charge in [-0.15, -0.1) is 0 Å². The average molecular weight is 371 g/mol. The summed E-state index contributed by atoms with van der Waals surface area (Å²) in [7, 11) is 1.50. The fraction of sp³-hybridized carbons (Fsp3) is 0.500. The van der Waals surface area contributed by atoms with Crippen LogP contribution < -0.4 is 4.74 Å². The van der Waals surface area contributed by atoms with Crippen LogP contribution in [0.2, 0.25) is 0 Å². The van der Waals surface area contributed by atoms with Crippen molar-refractivity contribution in [3.05, 3.63) is 36.8 Å². The maximum atomic E-state index is 12.6. The largest absolute Gasteiger partial charge is 0.480 e. The van der Waals surface area contributed by atoms with Crippen molar-refractivity contribution in [3.8, 4) is 5.88 Å². The number of hydrogen-bond acceptors (Lipinski definition) is 7. The summed E-state index contributed by atoms with van der Waals surface area (Å²) in [4.78, 5) is 39.0. The van der Waals surface area contributed by atoms with Gasteiger partial charge in [-0.1, -0.05) is 0 Å². The molecule has 2 aliphatic heterocycles. The van der Waals surface area contributed by atoms with Crippen molar-refractivity contribution in [2.45, 2.75) is 31.9 Å². The van der Waals surface area contributed by atoms with Crippen LogP contribution >= 0.6 is 0 Å². The first-order valence-corrected chi connectivity index (χ1v) is 8.92. The molecule has 0 aliphatic carbocycles. The van der Waals surface area contributed by atoms with Gasteiger partial charge >= 0.3 is 5.97 Å². The average Bonchev–Trinajstić information content (AvgIpc) is 3.30. The second kappa shape index (κ2) is 6.98. The first-order chi connectivity index (χ1) is 13.1. The summed E-state index contributed by atoms with van der Waals surface area (Å²) in [5.41, 5.74) is -0.216. The highest BCUT2D eigenvalue weighted by Crippen LogP contribution is 2.43. The van der Waals surface area contributed by atoms with E-state index in [-0.39, 0.29) is 23.7 Å². The van der Waals surface area contributed by atoms with E-state index in [1.54, 1.807) is 17.4 Å². The number of hydrogen-bond donors (Lipinski definition) is 0. The van der Waals surface area contributed by atoms with Crippen molar-refractivity contribution in [3.63, 3.8) is 0 Å². The van der Waals surface area contributed by atoms with Crippen LogP contribution in [-0.4, -0.2) is 62.6 Å². The van der Waals surface area contributed by atoms with E-state index in [4.69, 9.17) is 9.47 Å². The van der Waals surface area contributed by atoms with Gasteiger partial charge in [0.05, 0.1) is 37.8 Å². The van der Waals surface area contributed by atoms with Gasteiger partial charge in [-0.25, -0.2) is 15.0 Å². The van der Waals surface area contributed by atoms with Crippen LogP contribution in [0, 0.1) is 5.41 Å². The Hall–Kier alpha value is -2.97. The van der Waals surface area contributed by atoms with E-state index in [9.17, 15) is 9.59 Å². The van der Waals surface area contributed by atoms with Crippen LogP contribution in [-0.2, 0) is 16.1 Å². The number of imidazole rings is 1. The lowest BCUT2D eigenvalue weighted by molar-refractivity contribution is -0.150. The molecule has 2 aromatic rings. The number of carbonyl (C=O) groups is 2. The molecule has 2 saturated heterocycles. The molecule has 9 heteroatoms. The fourth-order valence-electron chi connectivity index (χ4n) is 3.81. The molecule has 142 valence electrons. The van der Waals surface area contributed by atoms with Gasteiger partial charge in [0.1, 0.15) is 11.8 Å². The van der Waals surface area contributed by atoms with Crippen LogP contribution in [0.4, 0.5) is 0 Å². The monoisotopic (exact) mass is 371 g/mol. The maximum absolute atomic E-state index is 12.6. The zero-order valence-electron chi connectivity index (χ0n) is 15.1. The molecule has 2 aromatic heterocycles. The molecule has 0 N–H and O–H groups in total. The number of likely N-dealkylation sites (tertiary alicyclic amines) is 1. The summed E-state index contributed by atoms with van der Waals surface area (Å²) < 4.78 is 12.5. The van der Waals surface area contributed by atoms with Gasteiger partial charge in [0.2, 0.25) is 5.88 Å². The zero-order chi connectivity index (χ0) is 18.9. The molecular formula is C18H21N5O4. The normalized spacial score (nSPS) is 21.3. The number of ether oxygens (including phenoxy) is 2. The molecule has 4 rings (SSSR count). The molecule has 2 fully saturated rings. The minimum Gasteiger partial charge on any atom is -0.480 e. The lowest BCUT2D eigenvalue weighted by Crippen LogP contribution is -2.45. The van der Waals surface area contributed by atoms with Crippen molar-refractivity contribution in [1.82, 2.24) is 24.4 Å². The molecule has 4 heterocycles. The number of methoxy groups -OCH3 is 1. The number of aromatic nitrogens is 4. The minimum atomic E-state index is -0.492. The van der Waals surface area contributed by atoms with Crippen molar-refractivity contribution in [1.29, 1.82) is 0 Å². The molecule has 0 bridgehead atoms. The molecule has 1 atom stereocenters. The Morgan fingerprint density at radius 2 is 2.15 bits per heavy atom. The summed E-state index contributed by atoms with van der Waals surface area (Å²) in [6.45, 7) is 1.61. The molecule has 0 saturated carbocycles. The highest BCUT2D eigenvalue weighted by molar-refractivity contribution is 5.92. The van der Waals surface area contributed by atoms with Gasteiger partial charge in [0.25, 0.3) is 5.91 Å². The molecule has 1 spiro atoms.